The van der Waals surface area contributed by atoms with Crippen molar-refractivity contribution in [1.82, 2.24) is 4.90 Å². The van der Waals surface area contributed by atoms with Gasteiger partial charge in [0.15, 0.2) is 12.6 Å². The van der Waals surface area contributed by atoms with Gasteiger partial charge in [0.05, 0.1) is 10.6 Å². The first-order chi connectivity index (χ1) is 12.5. The molecule has 2 aromatic rings. The summed E-state index contributed by atoms with van der Waals surface area (Å²) in [7, 11) is 5.20. The average molecular weight is 371 g/mol. The van der Waals surface area contributed by atoms with Gasteiger partial charge in [-0.25, -0.2) is 0 Å². The Balaban J connectivity index is 2.49. The smallest absolute Gasteiger partial charge is 0.188 e. The van der Waals surface area contributed by atoms with Crippen LogP contribution in [-0.4, -0.2) is 38.7 Å². The quantitative estimate of drug-likeness (QED) is 0.417. The van der Waals surface area contributed by atoms with E-state index in [9.17, 15) is 10.1 Å². The maximum absolute atomic E-state index is 12.3. The highest BCUT2D eigenvalue weighted by Crippen LogP contribution is 2.35. The number of allylic oxidation sites excluding steroid dienone is 1. The number of carbonyl (C=O) groups is 1. The summed E-state index contributed by atoms with van der Waals surface area (Å²) in [5, 5.41) is 9.55. The van der Waals surface area contributed by atoms with Crippen molar-refractivity contribution in [3.05, 3.63) is 64.8 Å². The second-order valence-corrected chi connectivity index (χ2v) is 6.12. The van der Waals surface area contributed by atoms with E-state index in [0.717, 1.165) is 5.56 Å². The van der Waals surface area contributed by atoms with Gasteiger partial charge >= 0.3 is 0 Å². The molecule has 0 heterocycles. The van der Waals surface area contributed by atoms with E-state index in [0.29, 0.717) is 27.5 Å². The lowest BCUT2D eigenvalue weighted by molar-refractivity contribution is 0.0515. The van der Waals surface area contributed by atoms with Gasteiger partial charge in [0.1, 0.15) is 11.8 Å². The monoisotopic (exact) mass is 370 g/mol. The zero-order valence-corrected chi connectivity index (χ0v) is 15.6. The zero-order chi connectivity index (χ0) is 19.1. The Morgan fingerprint density at radius 1 is 1.31 bits per heavy atom. The molecular weight excluding hydrogens is 352 g/mol. The van der Waals surface area contributed by atoms with Crippen molar-refractivity contribution in [2.45, 2.75) is 0 Å². The van der Waals surface area contributed by atoms with Gasteiger partial charge in [-0.1, -0.05) is 29.8 Å². The minimum absolute atomic E-state index is 0.0411. The van der Waals surface area contributed by atoms with Gasteiger partial charge in [-0.05, 0) is 17.7 Å². The van der Waals surface area contributed by atoms with Gasteiger partial charge < -0.3 is 14.4 Å². The van der Waals surface area contributed by atoms with Crippen LogP contribution >= 0.6 is 11.6 Å². The molecule has 0 aliphatic rings. The lowest BCUT2D eigenvalue weighted by atomic mass is 9.99. The van der Waals surface area contributed by atoms with E-state index in [-0.39, 0.29) is 12.6 Å². The fourth-order valence-corrected chi connectivity index (χ4v) is 2.46. The van der Waals surface area contributed by atoms with Crippen LogP contribution in [0.1, 0.15) is 15.9 Å². The Morgan fingerprint density at radius 3 is 2.73 bits per heavy atom. The number of methoxy groups -OCH3 is 1. The highest BCUT2D eigenvalue weighted by atomic mass is 35.5. The summed E-state index contributed by atoms with van der Waals surface area (Å²) < 4.78 is 10.5. The van der Waals surface area contributed by atoms with E-state index in [2.05, 4.69) is 6.07 Å². The second-order valence-electron chi connectivity index (χ2n) is 5.72. The third-order valence-corrected chi connectivity index (χ3v) is 3.82. The average Bonchev–Trinajstić information content (AvgIpc) is 2.64. The van der Waals surface area contributed by atoms with Gasteiger partial charge in [0, 0.05) is 50.7 Å². The number of ether oxygens (including phenoxy) is 2. The Morgan fingerprint density at radius 2 is 2.08 bits per heavy atom. The molecular formula is C20H19ClN2O3. The van der Waals surface area contributed by atoms with Crippen LogP contribution in [0.2, 0.25) is 5.02 Å². The number of rotatable bonds is 7. The molecule has 0 spiro atoms. The van der Waals surface area contributed by atoms with E-state index in [1.165, 1.54) is 13.2 Å². The first-order valence-electron chi connectivity index (χ1n) is 7.81. The fraction of sp³-hybridized carbons (Fsp3) is 0.200. The number of hydrogen-bond donors (Lipinski definition) is 0. The van der Waals surface area contributed by atoms with Gasteiger partial charge in [0.2, 0.25) is 0 Å². The van der Waals surface area contributed by atoms with Crippen molar-refractivity contribution in [3.63, 3.8) is 0 Å². The molecule has 0 radical (unpaired) electrons. The summed E-state index contributed by atoms with van der Waals surface area (Å²) in [6.07, 6.45) is 3.20. The van der Waals surface area contributed by atoms with E-state index in [4.69, 9.17) is 21.1 Å². The third-order valence-electron chi connectivity index (χ3n) is 3.50. The van der Waals surface area contributed by atoms with E-state index < -0.39 is 0 Å². The summed E-state index contributed by atoms with van der Waals surface area (Å²) in [4.78, 5) is 14.1. The highest BCUT2D eigenvalue weighted by molar-refractivity contribution is 6.32. The second kappa shape index (κ2) is 9.04. The van der Waals surface area contributed by atoms with Crippen LogP contribution in [0.15, 0.2) is 48.7 Å². The number of hydrogen-bond acceptors (Lipinski definition) is 5. The van der Waals surface area contributed by atoms with Crippen LogP contribution in [0.5, 0.6) is 5.75 Å². The number of nitrogens with zero attached hydrogens (tertiary/aromatic N) is 2. The molecule has 0 fully saturated rings. The van der Waals surface area contributed by atoms with Gasteiger partial charge in [-0.3, -0.25) is 4.79 Å². The van der Waals surface area contributed by atoms with Crippen LogP contribution in [0, 0.1) is 11.3 Å². The lowest BCUT2D eigenvalue weighted by Gasteiger charge is -2.13. The predicted octanol–water partition coefficient (Wildman–Crippen LogP) is 4.12. The van der Waals surface area contributed by atoms with Crippen LogP contribution in [0.4, 0.5) is 0 Å². The summed E-state index contributed by atoms with van der Waals surface area (Å²) >= 11 is 6.11. The highest BCUT2D eigenvalue weighted by Gasteiger charge is 2.13. The standard InChI is InChI=1S/C20H19ClN2O3/c1-23(2)8-7-19(24)15-6-4-5-14(9-15)17-10-16(12-22)18(21)11-20(17)26-13-25-3/h4-11H,13H2,1-3H3/b8-7+. The number of benzene rings is 2. The molecule has 0 bridgehead atoms. The first-order valence-corrected chi connectivity index (χ1v) is 8.19. The first kappa shape index (κ1) is 19.5. The van der Waals surface area contributed by atoms with Crippen molar-refractivity contribution in [2.24, 2.45) is 0 Å². The third kappa shape index (κ3) is 4.85. The van der Waals surface area contributed by atoms with Crippen LogP contribution < -0.4 is 4.74 Å². The molecule has 0 aromatic heterocycles. The molecule has 2 rings (SSSR count). The minimum Gasteiger partial charge on any atom is -0.467 e. The van der Waals surface area contributed by atoms with Crippen molar-refractivity contribution in [1.29, 1.82) is 5.26 Å². The minimum atomic E-state index is -0.116. The molecule has 0 aliphatic heterocycles. The van der Waals surface area contributed by atoms with Crippen molar-refractivity contribution >= 4 is 17.4 Å². The van der Waals surface area contributed by atoms with E-state index >= 15 is 0 Å². The molecule has 0 atom stereocenters. The van der Waals surface area contributed by atoms with Crippen molar-refractivity contribution in [2.75, 3.05) is 28.0 Å². The molecule has 0 unspecified atom stereocenters. The normalized spacial score (nSPS) is 10.6. The number of carbonyl (C=O) groups excluding carboxylic acids is 1. The molecule has 0 saturated heterocycles. The summed E-state index contributed by atoms with van der Waals surface area (Å²) in [6, 6.07) is 12.4. The van der Waals surface area contributed by atoms with Crippen LogP contribution in [-0.2, 0) is 4.74 Å². The molecule has 134 valence electrons. The molecule has 0 amide bonds. The predicted molar refractivity (Wildman–Crippen MR) is 101 cm³/mol. The maximum Gasteiger partial charge on any atom is 0.188 e. The van der Waals surface area contributed by atoms with Crippen LogP contribution in [0.25, 0.3) is 11.1 Å². The Bertz CT molecular complexity index is 870. The van der Waals surface area contributed by atoms with Crippen molar-refractivity contribution in [3.8, 4) is 22.9 Å². The number of ketones is 1. The van der Waals surface area contributed by atoms with E-state index in [1.807, 2.05) is 20.2 Å². The lowest BCUT2D eigenvalue weighted by Crippen LogP contribution is -2.03. The summed E-state index contributed by atoms with van der Waals surface area (Å²) in [6.45, 7) is 0.0411. The van der Waals surface area contributed by atoms with Gasteiger partial charge in [-0.2, -0.15) is 5.26 Å². The molecule has 0 saturated carbocycles. The fourth-order valence-electron chi connectivity index (χ4n) is 2.26. The maximum atomic E-state index is 12.3. The summed E-state index contributed by atoms with van der Waals surface area (Å²) in [5.41, 5.74) is 2.27. The Kier molecular flexibility index (Phi) is 6.79. The molecule has 0 N–H and O–H groups in total. The molecule has 26 heavy (non-hydrogen) atoms. The molecule has 2 aromatic carbocycles. The van der Waals surface area contributed by atoms with E-state index in [1.54, 1.807) is 41.4 Å². The summed E-state index contributed by atoms with van der Waals surface area (Å²) in [5.74, 6) is 0.360. The topological polar surface area (TPSA) is 62.6 Å². The number of halogens is 1. The van der Waals surface area contributed by atoms with Gasteiger partial charge in [-0.15, -0.1) is 0 Å². The Labute approximate surface area is 158 Å². The largest absolute Gasteiger partial charge is 0.467 e. The molecule has 6 heteroatoms. The zero-order valence-electron chi connectivity index (χ0n) is 14.8. The van der Waals surface area contributed by atoms with Crippen LogP contribution in [0.3, 0.4) is 0 Å². The van der Waals surface area contributed by atoms with Crippen molar-refractivity contribution < 1.29 is 14.3 Å². The van der Waals surface area contributed by atoms with Gasteiger partial charge in [0.25, 0.3) is 0 Å². The molecule has 5 nitrogen and oxygen atoms in total. The molecule has 0 aliphatic carbocycles. The number of nitriles is 1. The Hall–Kier alpha value is -2.81. The SMILES string of the molecule is COCOc1cc(Cl)c(C#N)cc1-c1cccc(C(=O)/C=C/N(C)C)c1.